The van der Waals surface area contributed by atoms with Crippen molar-refractivity contribution in [2.24, 2.45) is 5.92 Å². The van der Waals surface area contributed by atoms with Crippen LogP contribution in [-0.2, 0) is 20.1 Å². The molecule has 0 radical (unpaired) electrons. The first kappa shape index (κ1) is 37.5. The van der Waals surface area contributed by atoms with Crippen LogP contribution in [0.3, 0.4) is 0 Å². The van der Waals surface area contributed by atoms with Crippen LogP contribution >= 0.6 is 11.8 Å². The average molecular weight is 754 g/mol. The summed E-state index contributed by atoms with van der Waals surface area (Å²) in [6.07, 6.45) is 5.69. The van der Waals surface area contributed by atoms with Crippen LogP contribution in [0, 0.1) is 17.6 Å². The van der Waals surface area contributed by atoms with Gasteiger partial charge < -0.3 is 29.6 Å². The van der Waals surface area contributed by atoms with E-state index in [9.17, 15) is 18.8 Å². The Kier molecular flexibility index (Phi) is 12.4. The normalized spacial score (nSPS) is 21.2. The van der Waals surface area contributed by atoms with Gasteiger partial charge in [0.1, 0.15) is 34.6 Å². The molecule has 3 N–H and O–H groups in total. The van der Waals surface area contributed by atoms with Crippen LogP contribution in [0.15, 0.2) is 35.1 Å². The van der Waals surface area contributed by atoms with Gasteiger partial charge in [0.15, 0.2) is 0 Å². The molecule has 1 atom stereocenters. The van der Waals surface area contributed by atoms with E-state index in [2.05, 4.69) is 35.3 Å². The molecular formula is C38H49F2N7O5S. The van der Waals surface area contributed by atoms with Crippen molar-refractivity contribution in [2.75, 3.05) is 82.4 Å². The zero-order valence-corrected chi connectivity index (χ0v) is 30.9. The number of H-pyrrole nitrogens is 1. The Hall–Kier alpha value is -3.79. The highest BCUT2D eigenvalue weighted by atomic mass is 32.2. The fourth-order valence-electron chi connectivity index (χ4n) is 7.65. The maximum absolute atomic E-state index is 15.1. The number of thioether (sulfide) groups is 1. The molecule has 7 rings (SSSR count). The lowest BCUT2D eigenvalue weighted by Gasteiger charge is -2.37. The lowest BCUT2D eigenvalue weighted by Crippen LogP contribution is -2.47. The number of piperazine rings is 1. The van der Waals surface area contributed by atoms with Crippen molar-refractivity contribution in [2.45, 2.75) is 62.0 Å². The second kappa shape index (κ2) is 17.6. The summed E-state index contributed by atoms with van der Waals surface area (Å²) < 4.78 is 41.6. The summed E-state index contributed by atoms with van der Waals surface area (Å²) in [4.78, 5) is 50.5. The molecule has 0 aliphatic carbocycles. The Morgan fingerprint density at radius 3 is 2.40 bits per heavy atom. The zero-order chi connectivity index (χ0) is 36.7. The molecule has 286 valence electrons. The number of ether oxygens (including phenoxy) is 2. The quantitative estimate of drug-likeness (QED) is 0.218. The molecule has 4 aliphatic rings. The lowest BCUT2D eigenvalue weighted by molar-refractivity contribution is -0.133. The number of rotatable bonds is 13. The Morgan fingerprint density at radius 1 is 0.906 bits per heavy atom. The number of nitrogens with zero attached hydrogens (tertiary/aromatic N) is 4. The SMILES string of the molecule is O=C1CC[C@H](Nc2ccc(N3CCN(CCCN4CCC(COc5cc(F)c6c(=O)[nH]c(CSC7CCOCC7)nc6c5)CC4)CC3)c(F)c2)C(=O)N1. The van der Waals surface area contributed by atoms with E-state index < -0.39 is 17.4 Å². The molecular weight excluding hydrogens is 705 g/mol. The minimum Gasteiger partial charge on any atom is -0.493 e. The van der Waals surface area contributed by atoms with Gasteiger partial charge in [-0.15, -0.1) is 0 Å². The van der Waals surface area contributed by atoms with Crippen molar-refractivity contribution in [3.05, 3.63) is 58.1 Å². The van der Waals surface area contributed by atoms with Crippen LogP contribution in [0.2, 0.25) is 0 Å². The number of imide groups is 1. The van der Waals surface area contributed by atoms with E-state index in [-0.39, 0.29) is 29.4 Å². The third kappa shape index (κ3) is 9.85. The zero-order valence-electron chi connectivity index (χ0n) is 30.0. The number of carbonyl (C=O) groups excluding carboxylic acids is 2. The maximum Gasteiger partial charge on any atom is 0.261 e. The minimum atomic E-state index is -0.617. The molecule has 0 spiro atoms. The van der Waals surface area contributed by atoms with Crippen molar-refractivity contribution < 1.29 is 27.8 Å². The van der Waals surface area contributed by atoms with Gasteiger partial charge in [-0.2, -0.15) is 11.8 Å². The van der Waals surface area contributed by atoms with Gasteiger partial charge >= 0.3 is 0 Å². The molecule has 5 heterocycles. The molecule has 12 nitrogen and oxygen atoms in total. The predicted octanol–water partition coefficient (Wildman–Crippen LogP) is 4.13. The number of nitrogens with one attached hydrogen (secondary N) is 3. The number of hydrogen-bond donors (Lipinski definition) is 3. The summed E-state index contributed by atoms with van der Waals surface area (Å²) in [6, 6.07) is 7.41. The van der Waals surface area contributed by atoms with E-state index in [0.29, 0.717) is 58.4 Å². The van der Waals surface area contributed by atoms with E-state index in [1.54, 1.807) is 30.0 Å². The Balaban J connectivity index is 0.800. The van der Waals surface area contributed by atoms with Crippen LogP contribution in [0.4, 0.5) is 20.2 Å². The third-order valence-corrected chi connectivity index (χ3v) is 12.2. The number of amides is 2. The summed E-state index contributed by atoms with van der Waals surface area (Å²) in [5, 5.41) is 5.80. The van der Waals surface area contributed by atoms with Gasteiger partial charge in [0.05, 0.1) is 23.6 Å². The molecule has 2 amide bonds. The second-order valence-electron chi connectivity index (χ2n) is 14.5. The first-order valence-electron chi connectivity index (χ1n) is 18.9. The fraction of sp³-hybridized carbons (Fsp3) is 0.579. The van der Waals surface area contributed by atoms with Gasteiger partial charge in [-0.3, -0.25) is 24.6 Å². The minimum absolute atomic E-state index is 0.0332. The number of aromatic nitrogens is 2. The topological polar surface area (TPSA) is 132 Å². The highest BCUT2D eigenvalue weighted by Crippen LogP contribution is 2.28. The number of likely N-dealkylation sites (tertiary alicyclic amines) is 1. The van der Waals surface area contributed by atoms with Gasteiger partial charge in [0.25, 0.3) is 5.56 Å². The summed E-state index contributed by atoms with van der Waals surface area (Å²) in [5.74, 6) is 0.284. The molecule has 4 saturated heterocycles. The number of aromatic amines is 1. The molecule has 2 aromatic carbocycles. The fourth-order valence-corrected chi connectivity index (χ4v) is 8.70. The Bertz CT molecular complexity index is 1810. The largest absolute Gasteiger partial charge is 0.493 e. The molecule has 0 saturated carbocycles. The van der Waals surface area contributed by atoms with Gasteiger partial charge in [0.2, 0.25) is 11.8 Å². The third-order valence-electron chi connectivity index (χ3n) is 10.8. The Labute approximate surface area is 312 Å². The maximum atomic E-state index is 15.1. The lowest BCUT2D eigenvalue weighted by atomic mass is 9.97. The van der Waals surface area contributed by atoms with E-state index in [1.165, 1.54) is 12.1 Å². The van der Waals surface area contributed by atoms with Crippen molar-refractivity contribution in [1.29, 1.82) is 0 Å². The molecule has 3 aromatic rings. The number of anilines is 2. The summed E-state index contributed by atoms with van der Waals surface area (Å²) in [6.45, 7) is 9.23. The summed E-state index contributed by atoms with van der Waals surface area (Å²) in [7, 11) is 0. The number of halogens is 2. The molecule has 4 aliphatic heterocycles. The van der Waals surface area contributed by atoms with Gasteiger partial charge in [0, 0.05) is 68.9 Å². The van der Waals surface area contributed by atoms with Crippen molar-refractivity contribution in [3.8, 4) is 5.75 Å². The number of hydrogen-bond acceptors (Lipinski definition) is 11. The number of benzene rings is 2. The monoisotopic (exact) mass is 753 g/mol. The van der Waals surface area contributed by atoms with Crippen molar-refractivity contribution >= 4 is 45.9 Å². The van der Waals surface area contributed by atoms with Crippen molar-refractivity contribution in [1.82, 2.24) is 25.1 Å². The Morgan fingerprint density at radius 2 is 1.66 bits per heavy atom. The second-order valence-corrected chi connectivity index (χ2v) is 15.8. The molecule has 15 heteroatoms. The van der Waals surface area contributed by atoms with Gasteiger partial charge in [-0.1, -0.05) is 0 Å². The average Bonchev–Trinajstić information content (AvgIpc) is 3.15. The van der Waals surface area contributed by atoms with E-state index in [0.717, 1.165) is 97.7 Å². The van der Waals surface area contributed by atoms with E-state index in [4.69, 9.17) is 9.47 Å². The van der Waals surface area contributed by atoms with Crippen LogP contribution in [-0.4, -0.2) is 115 Å². The van der Waals surface area contributed by atoms with Gasteiger partial charge in [-0.25, -0.2) is 13.8 Å². The number of carbonyl (C=O) groups is 2. The number of piperidine rings is 2. The summed E-state index contributed by atoms with van der Waals surface area (Å²) >= 11 is 1.75. The smallest absolute Gasteiger partial charge is 0.261 e. The number of fused-ring (bicyclic) bond motifs is 1. The molecule has 0 unspecified atom stereocenters. The van der Waals surface area contributed by atoms with E-state index in [1.807, 2.05) is 0 Å². The van der Waals surface area contributed by atoms with Crippen LogP contribution in [0.1, 0.15) is 50.8 Å². The highest BCUT2D eigenvalue weighted by Gasteiger charge is 2.27. The first-order valence-corrected chi connectivity index (χ1v) is 20.0. The molecule has 53 heavy (non-hydrogen) atoms. The summed E-state index contributed by atoms with van der Waals surface area (Å²) in [5.41, 5.74) is 0.951. The molecule has 0 bridgehead atoms. The first-order chi connectivity index (χ1) is 25.8. The van der Waals surface area contributed by atoms with E-state index >= 15 is 4.39 Å². The van der Waals surface area contributed by atoms with Gasteiger partial charge in [-0.05, 0) is 88.8 Å². The predicted molar refractivity (Wildman–Crippen MR) is 202 cm³/mol. The van der Waals surface area contributed by atoms with Crippen molar-refractivity contribution in [3.63, 3.8) is 0 Å². The molecule has 4 fully saturated rings. The van der Waals surface area contributed by atoms with Crippen LogP contribution in [0.25, 0.3) is 10.9 Å². The molecule has 1 aromatic heterocycles. The van der Waals surface area contributed by atoms with Crippen LogP contribution in [0.5, 0.6) is 5.75 Å². The highest BCUT2D eigenvalue weighted by molar-refractivity contribution is 7.99. The standard InChI is InChI=1S/C38H49F2N7O5S/c39-29-20-26(41-31-3-5-35(48)44-37(31)49)2-4-33(29)47-16-14-46(15-17-47)11-1-10-45-12-6-25(7-13-45)23-52-27-21-30(40)36-32(22-27)42-34(43-38(36)50)24-53-28-8-18-51-19-9-28/h2,4,20-22,25,28,31,41H,1,3,5-19,23-24H2,(H,42,43,50)(H,44,48,49)/t31-/m0/s1. The van der Waals surface area contributed by atoms with Crippen LogP contribution < -0.4 is 25.8 Å².